The number of morpholine rings is 1. The first-order chi connectivity index (χ1) is 12.5. The summed E-state index contributed by atoms with van der Waals surface area (Å²) in [5, 5.41) is 0. The molecular weight excluding hydrogens is 350 g/mol. The Hall–Kier alpha value is -1.99. The van der Waals surface area contributed by atoms with Crippen molar-refractivity contribution in [3.05, 3.63) is 71.8 Å². The lowest BCUT2D eigenvalue weighted by molar-refractivity contribution is -0.155. The van der Waals surface area contributed by atoms with Crippen molar-refractivity contribution in [3.63, 3.8) is 0 Å². The Morgan fingerprint density at radius 3 is 2.58 bits per heavy atom. The zero-order chi connectivity index (χ0) is 18.2. The van der Waals surface area contributed by atoms with E-state index in [1.807, 2.05) is 61.5 Å². The van der Waals surface area contributed by atoms with Crippen LogP contribution in [0.3, 0.4) is 0 Å². The second kappa shape index (κ2) is 6.63. The van der Waals surface area contributed by atoms with Crippen LogP contribution >= 0.6 is 0 Å². The van der Waals surface area contributed by atoms with E-state index in [2.05, 4.69) is 0 Å². The van der Waals surface area contributed by atoms with Crippen molar-refractivity contribution in [2.24, 2.45) is 0 Å². The molecule has 2 saturated heterocycles. The summed E-state index contributed by atoms with van der Waals surface area (Å²) in [6.45, 7) is 2.77. The van der Waals surface area contributed by atoms with Crippen LogP contribution in [0, 0.1) is 6.92 Å². The highest BCUT2D eigenvalue weighted by Crippen LogP contribution is 2.34. The van der Waals surface area contributed by atoms with Crippen LogP contribution in [0.5, 0.6) is 0 Å². The largest absolute Gasteiger partial charge is 0.342 e. The van der Waals surface area contributed by atoms with Gasteiger partial charge in [-0.15, -0.1) is 0 Å². The predicted molar refractivity (Wildman–Crippen MR) is 99.0 cm³/mol. The van der Waals surface area contributed by atoms with Gasteiger partial charge in [-0.25, -0.2) is 8.42 Å². The Morgan fingerprint density at radius 2 is 1.85 bits per heavy atom. The first-order valence-corrected chi connectivity index (χ1v) is 10.0. The Kier molecular flexibility index (Phi) is 4.44. The molecular formula is C20H21NO4S. The highest BCUT2D eigenvalue weighted by Gasteiger charge is 2.49. The average molecular weight is 371 g/mol. The van der Waals surface area contributed by atoms with E-state index in [0.717, 1.165) is 11.1 Å². The molecule has 6 heteroatoms. The number of aryl methyl sites for hydroxylation is 1. The molecule has 0 aliphatic carbocycles. The summed E-state index contributed by atoms with van der Waals surface area (Å²) in [5.74, 6) is -1.03. The topological polar surface area (TPSA) is 55.8 Å². The smallest absolute Gasteiger partial charge is 0.243 e. The van der Waals surface area contributed by atoms with Crippen LogP contribution in [0.4, 0.5) is 0 Å². The SMILES string of the molecule is Cc1ccc(S(=O)(=O)N2CC3COC(/C=C/c4ccccc4)(C2)O3)cc1. The van der Waals surface area contributed by atoms with E-state index in [-0.39, 0.29) is 12.6 Å². The first kappa shape index (κ1) is 17.4. The molecule has 2 bridgehead atoms. The number of fused-ring (bicyclic) bond motifs is 2. The molecule has 2 aliphatic rings. The monoisotopic (exact) mass is 371 g/mol. The molecule has 26 heavy (non-hydrogen) atoms. The lowest BCUT2D eigenvalue weighted by atomic mass is 10.1. The molecule has 0 aromatic heterocycles. The van der Waals surface area contributed by atoms with Crippen molar-refractivity contribution < 1.29 is 17.9 Å². The number of ether oxygens (including phenoxy) is 2. The number of sulfonamides is 1. The van der Waals surface area contributed by atoms with Gasteiger partial charge in [0.15, 0.2) is 0 Å². The van der Waals surface area contributed by atoms with Gasteiger partial charge in [0.1, 0.15) is 0 Å². The molecule has 136 valence electrons. The number of nitrogens with zero attached hydrogens (tertiary/aromatic N) is 1. The Bertz CT molecular complexity index is 909. The molecule has 0 N–H and O–H groups in total. The van der Waals surface area contributed by atoms with Crippen LogP contribution in [0.2, 0.25) is 0 Å². The summed E-state index contributed by atoms with van der Waals surface area (Å²) < 4.78 is 39.3. The Balaban J connectivity index is 1.60. The summed E-state index contributed by atoms with van der Waals surface area (Å²) in [6, 6.07) is 16.7. The summed E-state index contributed by atoms with van der Waals surface area (Å²) in [7, 11) is -3.59. The Morgan fingerprint density at radius 1 is 1.12 bits per heavy atom. The van der Waals surface area contributed by atoms with Gasteiger partial charge in [0, 0.05) is 6.54 Å². The van der Waals surface area contributed by atoms with Crippen LogP contribution in [0.25, 0.3) is 6.08 Å². The van der Waals surface area contributed by atoms with Gasteiger partial charge in [0.2, 0.25) is 15.8 Å². The molecule has 2 unspecified atom stereocenters. The highest BCUT2D eigenvalue weighted by atomic mass is 32.2. The normalized spacial score (nSPS) is 26.4. The fraction of sp³-hybridized carbons (Fsp3) is 0.300. The minimum Gasteiger partial charge on any atom is -0.342 e. The van der Waals surface area contributed by atoms with Crippen molar-refractivity contribution >= 4 is 16.1 Å². The molecule has 2 atom stereocenters. The molecule has 2 heterocycles. The van der Waals surface area contributed by atoms with E-state index in [9.17, 15) is 8.42 Å². The van der Waals surface area contributed by atoms with E-state index >= 15 is 0 Å². The number of hydrogen-bond acceptors (Lipinski definition) is 4. The van der Waals surface area contributed by atoms with Crippen LogP contribution in [-0.2, 0) is 19.5 Å². The van der Waals surface area contributed by atoms with Gasteiger partial charge in [0.25, 0.3) is 0 Å². The number of rotatable bonds is 4. The van der Waals surface area contributed by atoms with Gasteiger partial charge >= 0.3 is 0 Å². The lowest BCUT2D eigenvalue weighted by Crippen LogP contribution is -2.52. The molecule has 2 aromatic rings. The maximum atomic E-state index is 13.0. The maximum Gasteiger partial charge on any atom is 0.243 e. The number of hydrogen-bond donors (Lipinski definition) is 0. The summed E-state index contributed by atoms with van der Waals surface area (Å²) in [5.41, 5.74) is 2.03. The van der Waals surface area contributed by atoms with Crippen molar-refractivity contribution in [1.29, 1.82) is 0 Å². The third-order valence-corrected chi connectivity index (χ3v) is 6.50. The zero-order valence-electron chi connectivity index (χ0n) is 14.5. The second-order valence-electron chi connectivity index (χ2n) is 6.72. The van der Waals surface area contributed by atoms with E-state index in [0.29, 0.717) is 18.0 Å². The minimum atomic E-state index is -3.59. The fourth-order valence-corrected chi connectivity index (χ4v) is 4.75. The van der Waals surface area contributed by atoms with Gasteiger partial charge in [-0.3, -0.25) is 0 Å². The predicted octanol–water partition coefficient (Wildman–Crippen LogP) is 2.82. The van der Waals surface area contributed by atoms with Gasteiger partial charge in [-0.05, 0) is 30.7 Å². The van der Waals surface area contributed by atoms with E-state index < -0.39 is 15.8 Å². The quantitative estimate of drug-likeness (QED) is 0.829. The zero-order valence-corrected chi connectivity index (χ0v) is 15.4. The maximum absolute atomic E-state index is 13.0. The highest BCUT2D eigenvalue weighted by molar-refractivity contribution is 7.89. The molecule has 2 fully saturated rings. The summed E-state index contributed by atoms with van der Waals surface area (Å²) in [6.07, 6.45) is 3.47. The van der Waals surface area contributed by atoms with E-state index in [1.165, 1.54) is 4.31 Å². The van der Waals surface area contributed by atoms with Crippen molar-refractivity contribution in [2.45, 2.75) is 23.7 Å². The third-order valence-electron chi connectivity index (χ3n) is 4.67. The van der Waals surface area contributed by atoms with E-state index in [4.69, 9.17) is 9.47 Å². The standard InChI is InChI=1S/C20H21NO4S/c1-16-7-9-19(10-8-16)26(22,23)21-13-18-14-24-20(15-21,25-18)12-11-17-5-3-2-4-6-17/h2-12,18H,13-15H2,1H3/b12-11+. The average Bonchev–Trinajstić information content (AvgIpc) is 2.95. The molecule has 4 rings (SSSR count). The van der Waals surface area contributed by atoms with Gasteiger partial charge in [-0.2, -0.15) is 4.31 Å². The van der Waals surface area contributed by atoms with E-state index in [1.54, 1.807) is 12.1 Å². The van der Waals surface area contributed by atoms with Crippen molar-refractivity contribution in [3.8, 4) is 0 Å². The van der Waals surface area contributed by atoms with Crippen LogP contribution in [0.15, 0.2) is 65.6 Å². The minimum absolute atomic E-state index is 0.142. The first-order valence-electron chi connectivity index (χ1n) is 8.60. The summed E-state index contributed by atoms with van der Waals surface area (Å²) in [4.78, 5) is 0.298. The fourth-order valence-electron chi connectivity index (χ4n) is 3.26. The molecule has 0 spiro atoms. The third kappa shape index (κ3) is 3.33. The Labute approximate surface area is 153 Å². The molecule has 2 aromatic carbocycles. The van der Waals surface area contributed by atoms with Crippen LogP contribution in [-0.4, -0.2) is 44.3 Å². The molecule has 5 nitrogen and oxygen atoms in total. The van der Waals surface area contributed by atoms with Gasteiger partial charge < -0.3 is 9.47 Å². The lowest BCUT2D eigenvalue weighted by Gasteiger charge is -2.36. The summed E-state index contributed by atoms with van der Waals surface area (Å²) >= 11 is 0. The number of benzene rings is 2. The molecule has 0 radical (unpaired) electrons. The van der Waals surface area contributed by atoms with Crippen LogP contribution < -0.4 is 0 Å². The van der Waals surface area contributed by atoms with Crippen molar-refractivity contribution in [2.75, 3.05) is 19.7 Å². The van der Waals surface area contributed by atoms with Gasteiger partial charge in [-0.1, -0.05) is 54.1 Å². The molecule has 2 aliphatic heterocycles. The van der Waals surface area contributed by atoms with Crippen molar-refractivity contribution in [1.82, 2.24) is 4.31 Å². The molecule has 0 saturated carbocycles. The van der Waals surface area contributed by atoms with Crippen LogP contribution in [0.1, 0.15) is 11.1 Å². The molecule has 0 amide bonds. The second-order valence-corrected chi connectivity index (χ2v) is 8.66. The van der Waals surface area contributed by atoms with Gasteiger partial charge in [0.05, 0.1) is 24.2 Å².